The number of aliphatic carboxylic acids is 1. The summed E-state index contributed by atoms with van der Waals surface area (Å²) in [6.07, 6.45) is 4.12. The van der Waals surface area contributed by atoms with Crippen molar-refractivity contribution in [2.75, 3.05) is 5.75 Å². The molecule has 0 bridgehead atoms. The van der Waals surface area contributed by atoms with Crippen LogP contribution in [0.1, 0.15) is 35.2 Å². The molecule has 4 nitrogen and oxygen atoms in total. The fourth-order valence-corrected chi connectivity index (χ4v) is 3.11. The molecule has 0 unspecified atom stereocenters. The first-order valence-corrected chi connectivity index (χ1v) is 6.89. The molecule has 0 aromatic carbocycles. The first-order valence-electron chi connectivity index (χ1n) is 5.90. The predicted octanol–water partition coefficient (Wildman–Crippen LogP) is 2.32. The Morgan fingerprint density at radius 2 is 2.11 bits per heavy atom. The Hall–Kier alpha value is -1.54. The number of nitriles is 1. The average Bonchev–Trinajstić information content (AvgIpc) is 2.36. The Morgan fingerprint density at radius 1 is 1.44 bits per heavy atom. The molecule has 1 aromatic rings. The highest BCUT2D eigenvalue weighted by Crippen LogP contribution is 2.31. The summed E-state index contributed by atoms with van der Waals surface area (Å²) in [7, 11) is 0. The van der Waals surface area contributed by atoms with Gasteiger partial charge in [0.2, 0.25) is 0 Å². The van der Waals surface area contributed by atoms with Crippen molar-refractivity contribution in [1.82, 2.24) is 4.98 Å². The summed E-state index contributed by atoms with van der Waals surface area (Å²) in [5, 5.41) is 18.6. The van der Waals surface area contributed by atoms with E-state index in [4.69, 9.17) is 5.11 Å². The smallest absolute Gasteiger partial charge is 0.313 e. The van der Waals surface area contributed by atoms with Crippen LogP contribution in [0.4, 0.5) is 0 Å². The molecule has 18 heavy (non-hydrogen) atoms. The molecule has 0 saturated carbocycles. The normalized spacial score (nSPS) is 13.8. The summed E-state index contributed by atoms with van der Waals surface area (Å²) in [6.45, 7) is 1.94. The van der Waals surface area contributed by atoms with Gasteiger partial charge in [-0.05, 0) is 43.7 Å². The van der Waals surface area contributed by atoms with Gasteiger partial charge >= 0.3 is 5.97 Å². The molecule has 0 spiro atoms. The minimum atomic E-state index is -0.888. The van der Waals surface area contributed by atoms with Gasteiger partial charge < -0.3 is 5.11 Å². The maximum absolute atomic E-state index is 10.6. The first-order chi connectivity index (χ1) is 8.63. The Balaban J connectivity index is 2.44. The lowest BCUT2D eigenvalue weighted by Gasteiger charge is -2.20. The summed E-state index contributed by atoms with van der Waals surface area (Å²) >= 11 is 1.13. The number of hydrogen-bond acceptors (Lipinski definition) is 4. The van der Waals surface area contributed by atoms with Crippen LogP contribution in [0.5, 0.6) is 0 Å². The lowest BCUT2D eigenvalue weighted by Crippen LogP contribution is -2.11. The van der Waals surface area contributed by atoms with Crippen LogP contribution in [0.25, 0.3) is 0 Å². The molecule has 1 aromatic heterocycles. The second-order valence-electron chi connectivity index (χ2n) is 4.34. The van der Waals surface area contributed by atoms with Gasteiger partial charge in [0.05, 0.1) is 11.3 Å². The molecule has 2 rings (SSSR count). The van der Waals surface area contributed by atoms with E-state index in [-0.39, 0.29) is 5.75 Å². The Labute approximate surface area is 110 Å². The molecule has 0 aliphatic heterocycles. The fourth-order valence-electron chi connectivity index (χ4n) is 2.34. The number of carboxylic acids is 1. The van der Waals surface area contributed by atoms with Crippen LogP contribution in [0, 0.1) is 18.3 Å². The second kappa shape index (κ2) is 5.40. The Morgan fingerprint density at radius 3 is 2.72 bits per heavy atom. The number of aryl methyl sites for hydroxylation is 1. The SMILES string of the molecule is Cc1nc(SCC(=O)O)c(C#N)c2c1CCCC2. The van der Waals surface area contributed by atoms with Crippen LogP contribution in [0.2, 0.25) is 0 Å². The zero-order valence-electron chi connectivity index (χ0n) is 10.2. The number of pyridine rings is 1. The number of carbonyl (C=O) groups is 1. The molecule has 0 atom stereocenters. The van der Waals surface area contributed by atoms with E-state index >= 15 is 0 Å². The number of carboxylic acid groups (broad SMARTS) is 1. The van der Waals surface area contributed by atoms with E-state index in [1.165, 1.54) is 5.56 Å². The first kappa shape index (κ1) is 12.9. The number of thioether (sulfide) groups is 1. The third-order valence-electron chi connectivity index (χ3n) is 3.13. The van der Waals surface area contributed by atoms with Crippen molar-refractivity contribution in [2.45, 2.75) is 37.6 Å². The van der Waals surface area contributed by atoms with Gasteiger partial charge in [-0.25, -0.2) is 4.98 Å². The van der Waals surface area contributed by atoms with Crippen molar-refractivity contribution in [2.24, 2.45) is 0 Å². The maximum atomic E-state index is 10.6. The predicted molar refractivity (Wildman–Crippen MR) is 68.7 cm³/mol. The number of fused-ring (bicyclic) bond motifs is 1. The van der Waals surface area contributed by atoms with Crippen LogP contribution in [-0.2, 0) is 17.6 Å². The summed E-state index contributed by atoms with van der Waals surface area (Å²) in [5.41, 5.74) is 3.81. The van der Waals surface area contributed by atoms with E-state index in [0.29, 0.717) is 10.6 Å². The molecule has 0 radical (unpaired) electrons. The van der Waals surface area contributed by atoms with Crippen LogP contribution in [-0.4, -0.2) is 21.8 Å². The Bertz CT molecular complexity index is 535. The van der Waals surface area contributed by atoms with Crippen LogP contribution >= 0.6 is 11.8 Å². The quantitative estimate of drug-likeness (QED) is 0.846. The van der Waals surface area contributed by atoms with Gasteiger partial charge in [0.15, 0.2) is 0 Å². The molecule has 1 N–H and O–H groups in total. The summed E-state index contributed by atoms with van der Waals surface area (Å²) < 4.78 is 0. The average molecular weight is 262 g/mol. The van der Waals surface area contributed by atoms with Gasteiger partial charge in [-0.2, -0.15) is 5.26 Å². The molecule has 5 heteroatoms. The number of rotatable bonds is 3. The molecular weight excluding hydrogens is 248 g/mol. The Kier molecular flexibility index (Phi) is 3.87. The van der Waals surface area contributed by atoms with Crippen LogP contribution in [0.15, 0.2) is 5.03 Å². The summed E-state index contributed by atoms with van der Waals surface area (Å²) in [6, 6.07) is 2.20. The zero-order valence-corrected chi connectivity index (χ0v) is 11.0. The van der Waals surface area contributed by atoms with Gasteiger partial charge in [-0.1, -0.05) is 11.8 Å². The summed E-state index contributed by atoms with van der Waals surface area (Å²) in [4.78, 5) is 15.0. The molecule has 0 amide bonds. The van der Waals surface area contributed by atoms with Crippen molar-refractivity contribution in [3.8, 4) is 6.07 Å². The number of aromatic nitrogens is 1. The fraction of sp³-hybridized carbons (Fsp3) is 0.462. The van der Waals surface area contributed by atoms with Gasteiger partial charge in [0.1, 0.15) is 11.1 Å². The van der Waals surface area contributed by atoms with E-state index in [1.54, 1.807) is 0 Å². The third-order valence-corrected chi connectivity index (χ3v) is 4.09. The third kappa shape index (κ3) is 2.49. The van der Waals surface area contributed by atoms with E-state index in [1.807, 2.05) is 6.92 Å². The second-order valence-corrected chi connectivity index (χ2v) is 5.30. The van der Waals surface area contributed by atoms with E-state index in [0.717, 1.165) is 48.7 Å². The summed E-state index contributed by atoms with van der Waals surface area (Å²) in [5.74, 6) is -0.944. The van der Waals surface area contributed by atoms with Crippen molar-refractivity contribution >= 4 is 17.7 Å². The zero-order chi connectivity index (χ0) is 13.1. The molecule has 0 saturated heterocycles. The number of nitrogens with zero attached hydrogens (tertiary/aromatic N) is 2. The van der Waals surface area contributed by atoms with E-state index < -0.39 is 5.97 Å². The standard InChI is InChI=1S/C13H14N2O2S/c1-8-9-4-2-3-5-10(9)11(6-14)13(15-8)18-7-12(16)17/h2-5,7H2,1H3,(H,16,17). The number of hydrogen-bond donors (Lipinski definition) is 1. The minimum Gasteiger partial charge on any atom is -0.481 e. The molecule has 94 valence electrons. The largest absolute Gasteiger partial charge is 0.481 e. The lowest BCUT2D eigenvalue weighted by molar-refractivity contribution is -0.133. The van der Waals surface area contributed by atoms with Crippen molar-refractivity contribution in [3.63, 3.8) is 0 Å². The van der Waals surface area contributed by atoms with Crippen LogP contribution < -0.4 is 0 Å². The molecule has 1 heterocycles. The molecular formula is C13H14N2O2S. The molecule has 0 fully saturated rings. The maximum Gasteiger partial charge on any atom is 0.313 e. The molecule has 1 aliphatic carbocycles. The van der Waals surface area contributed by atoms with E-state index in [2.05, 4.69) is 11.1 Å². The monoisotopic (exact) mass is 262 g/mol. The van der Waals surface area contributed by atoms with Crippen molar-refractivity contribution < 1.29 is 9.90 Å². The van der Waals surface area contributed by atoms with Gasteiger partial charge in [0, 0.05) is 5.69 Å². The van der Waals surface area contributed by atoms with Crippen molar-refractivity contribution in [3.05, 3.63) is 22.4 Å². The highest BCUT2D eigenvalue weighted by molar-refractivity contribution is 7.99. The topological polar surface area (TPSA) is 74.0 Å². The molecule has 1 aliphatic rings. The van der Waals surface area contributed by atoms with Gasteiger partial charge in [-0.15, -0.1) is 0 Å². The lowest BCUT2D eigenvalue weighted by atomic mass is 9.88. The van der Waals surface area contributed by atoms with Gasteiger partial charge in [0.25, 0.3) is 0 Å². The van der Waals surface area contributed by atoms with Gasteiger partial charge in [-0.3, -0.25) is 4.79 Å². The minimum absolute atomic E-state index is 0.0556. The highest BCUT2D eigenvalue weighted by Gasteiger charge is 2.20. The van der Waals surface area contributed by atoms with E-state index in [9.17, 15) is 10.1 Å². The van der Waals surface area contributed by atoms with Crippen molar-refractivity contribution in [1.29, 1.82) is 5.26 Å². The van der Waals surface area contributed by atoms with Crippen LogP contribution in [0.3, 0.4) is 0 Å². The highest BCUT2D eigenvalue weighted by atomic mass is 32.2.